The summed E-state index contributed by atoms with van der Waals surface area (Å²) in [6, 6.07) is 0.678. The molecule has 0 spiro atoms. The van der Waals surface area contributed by atoms with E-state index in [1.54, 1.807) is 33.1 Å². The summed E-state index contributed by atoms with van der Waals surface area (Å²) in [6.45, 7) is 1.39. The minimum Gasteiger partial charge on any atom is -0.377 e. The number of rotatable bonds is 7. The third kappa shape index (κ3) is 5.84. The molecule has 0 saturated carbocycles. The van der Waals surface area contributed by atoms with Crippen molar-refractivity contribution in [2.45, 2.75) is 12.5 Å². The second kappa shape index (κ2) is 8.98. The smallest absolute Gasteiger partial charge is 0.377 e. The molecule has 1 heterocycles. The fourth-order valence-electron chi connectivity index (χ4n) is 1.54. The third-order valence-electron chi connectivity index (χ3n) is 2.60. The van der Waals surface area contributed by atoms with Crippen LogP contribution in [0.25, 0.3) is 0 Å². The normalized spacial score (nSPS) is 15.4. The Labute approximate surface area is 123 Å². The van der Waals surface area contributed by atoms with Crippen molar-refractivity contribution in [3.05, 3.63) is 0 Å². The summed E-state index contributed by atoms with van der Waals surface area (Å²) in [5.41, 5.74) is 0. The van der Waals surface area contributed by atoms with E-state index in [1.807, 2.05) is 0 Å². The number of hydrogen-bond acceptors (Lipinski definition) is 7. The molecule has 1 rings (SSSR count). The Bertz CT molecular complexity index is 318. The van der Waals surface area contributed by atoms with E-state index >= 15 is 0 Å². The maximum atomic E-state index is 11.6. The zero-order valence-electron chi connectivity index (χ0n) is 11.4. The molecule has 9 heteroatoms. The molecule has 1 aliphatic heterocycles. The van der Waals surface area contributed by atoms with Gasteiger partial charge in [0, 0.05) is 39.7 Å². The van der Waals surface area contributed by atoms with E-state index in [0.29, 0.717) is 12.6 Å². The molecule has 0 aliphatic carbocycles. The van der Waals surface area contributed by atoms with E-state index in [1.165, 1.54) is 0 Å². The van der Waals surface area contributed by atoms with Gasteiger partial charge in [-0.2, -0.15) is 0 Å². The highest BCUT2D eigenvalue weighted by atomic mass is 32.2. The Morgan fingerprint density at radius 2 is 2.11 bits per heavy atom. The molecule has 1 aliphatic rings. The van der Waals surface area contributed by atoms with Crippen LogP contribution in [0.15, 0.2) is 4.99 Å². The average molecular weight is 325 g/mol. The minimum absolute atomic E-state index is 0.0623. The van der Waals surface area contributed by atoms with Gasteiger partial charge in [-0.15, -0.1) is 0 Å². The lowest BCUT2D eigenvalue weighted by Gasteiger charge is -2.24. The van der Waals surface area contributed by atoms with Crippen LogP contribution in [0.4, 0.5) is 4.79 Å². The summed E-state index contributed by atoms with van der Waals surface area (Å²) in [5.74, 6) is 0.971. The molecule has 0 atom stereocenters. The summed E-state index contributed by atoms with van der Waals surface area (Å²) in [4.78, 5) is 15.8. The van der Waals surface area contributed by atoms with E-state index in [9.17, 15) is 4.79 Å². The van der Waals surface area contributed by atoms with Gasteiger partial charge < -0.3 is 18.6 Å². The van der Waals surface area contributed by atoms with E-state index in [-0.39, 0.29) is 5.24 Å². The molecule has 0 bridgehead atoms. The Hall–Kier alpha value is -0.0631. The van der Waals surface area contributed by atoms with Gasteiger partial charge in [0.25, 0.3) is 5.24 Å². The SMILES string of the molecule is CO[Si](CCCNC(=O)SC1=NCCS1)(OC)OC. The van der Waals surface area contributed by atoms with Crippen LogP contribution < -0.4 is 5.32 Å². The van der Waals surface area contributed by atoms with Crippen molar-refractivity contribution in [1.82, 2.24) is 5.32 Å². The largest absolute Gasteiger partial charge is 0.500 e. The molecule has 0 unspecified atom stereocenters. The number of nitrogens with zero attached hydrogens (tertiary/aromatic N) is 1. The van der Waals surface area contributed by atoms with Crippen molar-refractivity contribution >= 4 is 41.9 Å². The van der Waals surface area contributed by atoms with Crippen molar-refractivity contribution in [3.8, 4) is 0 Å². The number of carbonyl (C=O) groups excluding carboxylic acids is 1. The van der Waals surface area contributed by atoms with Crippen LogP contribution in [0.1, 0.15) is 6.42 Å². The Kier molecular flexibility index (Phi) is 8.03. The molecule has 1 N–H and O–H groups in total. The van der Waals surface area contributed by atoms with E-state index < -0.39 is 8.80 Å². The molecule has 1 amide bonds. The molecule has 0 fully saturated rings. The molecule has 110 valence electrons. The van der Waals surface area contributed by atoms with Gasteiger partial charge in [0.2, 0.25) is 0 Å². The Morgan fingerprint density at radius 1 is 1.42 bits per heavy atom. The van der Waals surface area contributed by atoms with Crippen LogP contribution in [0, 0.1) is 0 Å². The molecule has 0 saturated heterocycles. The lowest BCUT2D eigenvalue weighted by molar-refractivity contribution is 0.123. The van der Waals surface area contributed by atoms with Crippen LogP contribution in [0.3, 0.4) is 0 Å². The molecule has 0 aromatic heterocycles. The van der Waals surface area contributed by atoms with Gasteiger partial charge >= 0.3 is 8.80 Å². The van der Waals surface area contributed by atoms with Gasteiger partial charge in [-0.1, -0.05) is 11.8 Å². The standard InChI is InChI=1S/C10H20N2O4S2Si/c1-14-19(15-2,16-3)8-4-5-11-9(13)18-10-12-6-7-17-10/h4-8H2,1-3H3,(H,11,13). The molecular weight excluding hydrogens is 304 g/mol. The summed E-state index contributed by atoms with van der Waals surface area (Å²) in [7, 11) is 2.25. The fourth-order valence-corrected chi connectivity index (χ4v) is 5.01. The van der Waals surface area contributed by atoms with Gasteiger partial charge in [-0.25, -0.2) is 0 Å². The molecule has 6 nitrogen and oxygen atoms in total. The Balaban J connectivity index is 2.17. The lowest BCUT2D eigenvalue weighted by atomic mass is 10.5. The highest BCUT2D eigenvalue weighted by Crippen LogP contribution is 2.22. The maximum absolute atomic E-state index is 11.6. The number of nitrogens with one attached hydrogen (secondary N) is 1. The Morgan fingerprint density at radius 3 is 2.63 bits per heavy atom. The number of hydrogen-bond donors (Lipinski definition) is 1. The number of thioether (sulfide) groups is 2. The van der Waals surface area contributed by atoms with E-state index in [0.717, 1.165) is 34.9 Å². The second-order valence-electron chi connectivity index (χ2n) is 3.71. The summed E-state index contributed by atoms with van der Waals surface area (Å²) in [6.07, 6.45) is 0.758. The van der Waals surface area contributed by atoms with Crippen LogP contribution in [-0.2, 0) is 13.3 Å². The quantitative estimate of drug-likeness (QED) is 0.569. The van der Waals surface area contributed by atoms with Crippen molar-refractivity contribution in [1.29, 1.82) is 0 Å². The molecule has 0 aromatic rings. The zero-order valence-corrected chi connectivity index (χ0v) is 14.1. The third-order valence-corrected chi connectivity index (χ3v) is 7.43. The molecule has 0 aromatic carbocycles. The van der Waals surface area contributed by atoms with Crippen molar-refractivity contribution in [3.63, 3.8) is 0 Å². The summed E-state index contributed by atoms with van der Waals surface area (Å²) >= 11 is 2.79. The van der Waals surface area contributed by atoms with Crippen LogP contribution in [0.2, 0.25) is 6.04 Å². The van der Waals surface area contributed by atoms with Gasteiger partial charge in [-0.3, -0.25) is 9.79 Å². The first-order valence-corrected chi connectivity index (χ1v) is 9.67. The lowest BCUT2D eigenvalue weighted by Crippen LogP contribution is -2.43. The molecular formula is C10H20N2O4S2Si. The van der Waals surface area contributed by atoms with Crippen molar-refractivity contribution < 1.29 is 18.1 Å². The predicted octanol–water partition coefficient (Wildman–Crippen LogP) is 1.80. The van der Waals surface area contributed by atoms with Crippen LogP contribution in [-0.4, -0.2) is 58.6 Å². The summed E-state index contributed by atoms with van der Waals surface area (Å²) in [5, 5.41) is 2.78. The van der Waals surface area contributed by atoms with Crippen LogP contribution >= 0.6 is 23.5 Å². The van der Waals surface area contributed by atoms with Gasteiger partial charge in [0.15, 0.2) is 0 Å². The highest BCUT2D eigenvalue weighted by molar-refractivity contribution is 8.45. The number of carbonyl (C=O) groups is 1. The van der Waals surface area contributed by atoms with Crippen LogP contribution in [0.5, 0.6) is 0 Å². The zero-order chi connectivity index (χ0) is 14.1. The first kappa shape index (κ1) is 17.0. The predicted molar refractivity (Wildman–Crippen MR) is 82.0 cm³/mol. The van der Waals surface area contributed by atoms with E-state index in [4.69, 9.17) is 13.3 Å². The van der Waals surface area contributed by atoms with Crippen molar-refractivity contribution in [2.75, 3.05) is 40.2 Å². The fraction of sp³-hybridized carbons (Fsp3) is 0.800. The highest BCUT2D eigenvalue weighted by Gasteiger charge is 2.36. The van der Waals surface area contributed by atoms with Gasteiger partial charge in [-0.05, 0) is 18.2 Å². The minimum atomic E-state index is -2.51. The number of aliphatic imine (C=N–C) groups is 1. The maximum Gasteiger partial charge on any atom is 0.500 e. The average Bonchev–Trinajstić information content (AvgIpc) is 2.93. The topological polar surface area (TPSA) is 69.2 Å². The summed E-state index contributed by atoms with van der Waals surface area (Å²) < 4.78 is 16.8. The van der Waals surface area contributed by atoms with Gasteiger partial charge in [0.1, 0.15) is 4.38 Å². The van der Waals surface area contributed by atoms with E-state index in [2.05, 4.69) is 10.3 Å². The number of amides is 1. The molecule has 19 heavy (non-hydrogen) atoms. The van der Waals surface area contributed by atoms with Crippen molar-refractivity contribution in [2.24, 2.45) is 4.99 Å². The van der Waals surface area contributed by atoms with Gasteiger partial charge in [0.05, 0.1) is 6.54 Å². The first-order valence-electron chi connectivity index (χ1n) is 5.94. The monoisotopic (exact) mass is 324 g/mol. The first-order chi connectivity index (χ1) is 9.15. The second-order valence-corrected chi connectivity index (χ2v) is 9.11. The molecule has 0 radical (unpaired) electrons.